The SMILES string of the molecule is CC=CC1=C(C(=O)OC(C)OC(C)=O)N2C(=O)C(NC(=O)C(=NOC(C)=O)c3csc(N)n3)[C@@H]2SC1. The first-order valence-electron chi connectivity index (χ1n) is 10.5. The lowest BCUT2D eigenvalue weighted by molar-refractivity contribution is -0.182. The normalized spacial score (nSPS) is 20.4. The van der Waals surface area contributed by atoms with Crippen molar-refractivity contribution < 1.29 is 38.3 Å². The summed E-state index contributed by atoms with van der Waals surface area (Å²) in [4.78, 5) is 71.1. The molecule has 15 heteroatoms. The van der Waals surface area contributed by atoms with E-state index < -0.39 is 47.4 Å². The minimum atomic E-state index is -1.17. The van der Waals surface area contributed by atoms with Gasteiger partial charge in [0.1, 0.15) is 22.8 Å². The van der Waals surface area contributed by atoms with Crippen LogP contribution in [0.25, 0.3) is 0 Å². The first kappa shape index (κ1) is 26.9. The van der Waals surface area contributed by atoms with Gasteiger partial charge in [-0.3, -0.25) is 19.3 Å². The number of nitrogen functional groups attached to an aromatic ring is 1. The van der Waals surface area contributed by atoms with Crippen molar-refractivity contribution in [3.8, 4) is 0 Å². The second-order valence-electron chi connectivity index (χ2n) is 7.41. The van der Waals surface area contributed by atoms with Gasteiger partial charge in [0.15, 0.2) is 10.8 Å². The number of nitrogens with zero attached hydrogens (tertiary/aromatic N) is 3. The number of fused-ring (bicyclic) bond motifs is 1. The van der Waals surface area contributed by atoms with Crippen LogP contribution in [-0.2, 0) is 38.3 Å². The number of thioether (sulfide) groups is 1. The van der Waals surface area contributed by atoms with Gasteiger partial charge in [-0.1, -0.05) is 17.3 Å². The highest BCUT2D eigenvalue weighted by molar-refractivity contribution is 8.00. The third kappa shape index (κ3) is 5.91. The van der Waals surface area contributed by atoms with Crippen molar-refractivity contribution in [2.24, 2.45) is 5.16 Å². The number of nitrogens with two attached hydrogens (primary N) is 1. The second kappa shape index (κ2) is 11.3. The number of amides is 2. The molecule has 1 fully saturated rings. The second-order valence-corrected chi connectivity index (χ2v) is 9.41. The van der Waals surface area contributed by atoms with E-state index in [1.165, 1.54) is 35.9 Å². The zero-order chi connectivity index (χ0) is 26.6. The van der Waals surface area contributed by atoms with Gasteiger partial charge in [-0.15, -0.1) is 23.1 Å². The fourth-order valence-corrected chi connectivity index (χ4v) is 5.21. The molecule has 0 aromatic carbocycles. The fraction of sp³-hybridized carbons (Fsp3) is 0.381. The highest BCUT2D eigenvalue weighted by Crippen LogP contribution is 2.41. The van der Waals surface area contributed by atoms with Crippen LogP contribution < -0.4 is 11.1 Å². The Labute approximate surface area is 213 Å². The van der Waals surface area contributed by atoms with Crippen LogP contribution in [0.1, 0.15) is 33.4 Å². The van der Waals surface area contributed by atoms with Gasteiger partial charge in [-0.25, -0.2) is 14.6 Å². The Kier molecular flexibility index (Phi) is 8.47. The van der Waals surface area contributed by atoms with E-state index in [0.29, 0.717) is 11.3 Å². The van der Waals surface area contributed by atoms with Crippen LogP contribution in [-0.4, -0.2) is 68.8 Å². The number of ether oxygens (including phenoxy) is 2. The van der Waals surface area contributed by atoms with Gasteiger partial charge in [0.2, 0.25) is 6.29 Å². The number of hydrogen-bond acceptors (Lipinski definition) is 13. The van der Waals surface area contributed by atoms with Crippen molar-refractivity contribution in [1.82, 2.24) is 15.2 Å². The summed E-state index contributed by atoms with van der Waals surface area (Å²) >= 11 is 2.37. The number of hydrogen-bond donors (Lipinski definition) is 2. The molecule has 0 bridgehead atoms. The summed E-state index contributed by atoms with van der Waals surface area (Å²) in [5, 5.41) is 7.10. The van der Waals surface area contributed by atoms with E-state index in [-0.39, 0.29) is 22.2 Å². The molecule has 3 heterocycles. The van der Waals surface area contributed by atoms with Gasteiger partial charge in [-0.05, 0) is 12.5 Å². The van der Waals surface area contributed by atoms with Gasteiger partial charge in [0, 0.05) is 31.9 Å². The van der Waals surface area contributed by atoms with Gasteiger partial charge in [0.25, 0.3) is 11.8 Å². The summed E-state index contributed by atoms with van der Waals surface area (Å²) in [7, 11) is 0. The quantitative estimate of drug-likeness (QED) is 0.119. The molecule has 2 amide bonds. The van der Waals surface area contributed by atoms with E-state index in [9.17, 15) is 24.0 Å². The van der Waals surface area contributed by atoms with Crippen molar-refractivity contribution >= 4 is 63.7 Å². The van der Waals surface area contributed by atoms with E-state index in [0.717, 1.165) is 18.3 Å². The van der Waals surface area contributed by atoms with E-state index in [4.69, 9.17) is 15.2 Å². The molecule has 0 radical (unpaired) electrons. The number of carbonyl (C=O) groups excluding carboxylic acids is 5. The molecule has 0 spiro atoms. The molecule has 13 nitrogen and oxygen atoms in total. The first-order chi connectivity index (χ1) is 17.0. The predicted molar refractivity (Wildman–Crippen MR) is 129 cm³/mol. The largest absolute Gasteiger partial charge is 0.426 e. The molecule has 3 atom stereocenters. The third-order valence-electron chi connectivity index (χ3n) is 4.70. The number of rotatable bonds is 8. The summed E-state index contributed by atoms with van der Waals surface area (Å²) in [5.74, 6) is -3.30. The smallest absolute Gasteiger partial charge is 0.358 e. The molecule has 2 unspecified atom stereocenters. The summed E-state index contributed by atoms with van der Waals surface area (Å²) in [6, 6.07) is -1.01. The number of allylic oxidation sites excluding steroid dienone is 2. The van der Waals surface area contributed by atoms with E-state index in [1.807, 2.05) is 0 Å². The summed E-state index contributed by atoms with van der Waals surface area (Å²) in [6.07, 6.45) is 2.21. The van der Waals surface area contributed by atoms with Crippen molar-refractivity contribution in [1.29, 1.82) is 0 Å². The maximum Gasteiger partial charge on any atom is 0.358 e. The Hall–Kier alpha value is -3.72. The molecule has 192 valence electrons. The maximum absolute atomic E-state index is 13.1. The van der Waals surface area contributed by atoms with Crippen molar-refractivity contribution in [2.75, 3.05) is 11.5 Å². The molecule has 3 N–H and O–H groups in total. The zero-order valence-corrected chi connectivity index (χ0v) is 21.3. The molecular formula is C21H23N5O8S2. The average Bonchev–Trinajstić information content (AvgIpc) is 3.22. The van der Waals surface area contributed by atoms with Crippen LogP contribution in [0.5, 0.6) is 0 Å². The summed E-state index contributed by atoms with van der Waals surface area (Å²) < 4.78 is 10.0. The predicted octanol–water partition coefficient (Wildman–Crippen LogP) is 0.675. The van der Waals surface area contributed by atoms with Crippen molar-refractivity contribution in [3.63, 3.8) is 0 Å². The number of aromatic nitrogens is 1. The van der Waals surface area contributed by atoms with Crippen molar-refractivity contribution in [3.05, 3.63) is 34.5 Å². The highest BCUT2D eigenvalue weighted by Gasteiger charge is 2.54. The topological polar surface area (TPSA) is 180 Å². The molecule has 2 aliphatic rings. The summed E-state index contributed by atoms with van der Waals surface area (Å²) in [6.45, 7) is 5.41. The van der Waals surface area contributed by atoms with Gasteiger partial charge in [-0.2, -0.15) is 0 Å². The maximum atomic E-state index is 13.1. The summed E-state index contributed by atoms with van der Waals surface area (Å²) in [5.41, 5.74) is 5.88. The fourth-order valence-electron chi connectivity index (χ4n) is 3.35. The lowest BCUT2D eigenvalue weighted by atomic mass is 10.0. The van der Waals surface area contributed by atoms with Gasteiger partial charge < -0.3 is 25.4 Å². The number of nitrogens with one attached hydrogen (secondary N) is 1. The van der Waals surface area contributed by atoms with Crippen LogP contribution in [0.2, 0.25) is 0 Å². The van der Waals surface area contributed by atoms with Gasteiger partial charge in [0.05, 0.1) is 0 Å². The Bertz CT molecular complexity index is 1190. The molecule has 36 heavy (non-hydrogen) atoms. The molecule has 2 aliphatic heterocycles. The van der Waals surface area contributed by atoms with Crippen LogP contribution in [0.15, 0.2) is 34.0 Å². The lowest BCUT2D eigenvalue weighted by Gasteiger charge is -2.49. The standard InChI is InChI=1S/C21H23N5O8S2/c1-5-6-12-7-35-19-15(18(30)26(19)16(12)20(31)33-11(4)32-9(2)27)24-17(29)14(25-34-10(3)28)13-8-36-21(22)23-13/h5-6,8,11,15,19H,7H2,1-4H3,(H2,22,23)(H,24,29)/t11?,15?,19-/m0/s1. The average molecular weight is 538 g/mol. The molecule has 1 aromatic rings. The third-order valence-corrected chi connectivity index (χ3v) is 6.67. The van der Waals surface area contributed by atoms with E-state index in [1.54, 1.807) is 19.1 Å². The first-order valence-corrected chi connectivity index (χ1v) is 12.4. The number of anilines is 1. The Morgan fingerprint density at radius 1 is 1.28 bits per heavy atom. The van der Waals surface area contributed by atoms with Crippen LogP contribution in [0, 0.1) is 0 Å². The number of thiazole rings is 1. The molecule has 0 aliphatic carbocycles. The Morgan fingerprint density at radius 2 is 2.00 bits per heavy atom. The number of esters is 2. The molecule has 1 aromatic heterocycles. The number of carbonyl (C=O) groups is 5. The molecule has 1 saturated heterocycles. The van der Waals surface area contributed by atoms with E-state index >= 15 is 0 Å². The minimum absolute atomic E-state index is 0.00701. The van der Waals surface area contributed by atoms with Crippen LogP contribution in [0.3, 0.4) is 0 Å². The minimum Gasteiger partial charge on any atom is -0.426 e. The molecular weight excluding hydrogens is 514 g/mol. The van der Waals surface area contributed by atoms with Crippen LogP contribution >= 0.6 is 23.1 Å². The lowest BCUT2D eigenvalue weighted by Crippen LogP contribution is -2.71. The zero-order valence-electron chi connectivity index (χ0n) is 19.7. The number of oxime groups is 1. The molecule has 3 rings (SSSR count). The highest BCUT2D eigenvalue weighted by atomic mass is 32.2. The van der Waals surface area contributed by atoms with Crippen LogP contribution in [0.4, 0.5) is 5.13 Å². The van der Waals surface area contributed by atoms with Gasteiger partial charge >= 0.3 is 17.9 Å². The Balaban J connectivity index is 1.81. The number of β-lactam (4-membered cyclic amide) rings is 1. The monoisotopic (exact) mass is 537 g/mol. The Morgan fingerprint density at radius 3 is 2.58 bits per heavy atom. The van der Waals surface area contributed by atoms with E-state index in [2.05, 4.69) is 20.3 Å². The van der Waals surface area contributed by atoms with Crippen molar-refractivity contribution in [2.45, 2.75) is 45.4 Å². The molecule has 0 saturated carbocycles.